The molecule has 2 heterocycles. The molecule has 0 aromatic carbocycles. The van der Waals surface area contributed by atoms with Crippen molar-refractivity contribution in [2.75, 3.05) is 20.1 Å². The normalized spacial score (nSPS) is 17.7. The molecule has 1 fully saturated rings. The SMILES string of the molecule is CN1CCC(Oc2ncc([N+](=O)[O-])cc2Br)CC1. The van der Waals surface area contributed by atoms with Crippen LogP contribution in [0.15, 0.2) is 16.7 Å². The van der Waals surface area contributed by atoms with Crippen molar-refractivity contribution in [3.8, 4) is 5.88 Å². The van der Waals surface area contributed by atoms with Crippen LogP contribution in [0.2, 0.25) is 0 Å². The topological polar surface area (TPSA) is 68.5 Å². The van der Waals surface area contributed by atoms with Gasteiger partial charge >= 0.3 is 0 Å². The fraction of sp³-hybridized carbons (Fsp3) is 0.545. The molecule has 1 aliphatic rings. The van der Waals surface area contributed by atoms with E-state index >= 15 is 0 Å². The van der Waals surface area contributed by atoms with Gasteiger partial charge in [-0.25, -0.2) is 4.98 Å². The highest BCUT2D eigenvalue weighted by atomic mass is 79.9. The van der Waals surface area contributed by atoms with Crippen molar-refractivity contribution >= 4 is 21.6 Å². The Morgan fingerprint density at radius 2 is 2.22 bits per heavy atom. The van der Waals surface area contributed by atoms with E-state index in [1.54, 1.807) is 0 Å². The number of likely N-dealkylation sites (tertiary alicyclic amines) is 1. The summed E-state index contributed by atoms with van der Waals surface area (Å²) in [6.07, 6.45) is 3.24. The number of halogens is 1. The zero-order valence-corrected chi connectivity index (χ0v) is 11.6. The number of aromatic nitrogens is 1. The lowest BCUT2D eigenvalue weighted by molar-refractivity contribution is -0.385. The largest absolute Gasteiger partial charge is 0.473 e. The number of hydrogen-bond acceptors (Lipinski definition) is 5. The average molecular weight is 316 g/mol. The maximum absolute atomic E-state index is 10.6. The molecule has 1 saturated heterocycles. The molecule has 1 aromatic heterocycles. The summed E-state index contributed by atoms with van der Waals surface area (Å²) in [6.45, 7) is 1.99. The molecule has 0 aliphatic carbocycles. The van der Waals surface area contributed by atoms with Gasteiger partial charge in [0.15, 0.2) is 0 Å². The van der Waals surface area contributed by atoms with E-state index in [4.69, 9.17) is 4.74 Å². The first-order valence-electron chi connectivity index (χ1n) is 5.71. The second-order valence-corrected chi connectivity index (χ2v) is 5.21. The van der Waals surface area contributed by atoms with Gasteiger partial charge in [0.25, 0.3) is 5.69 Å². The number of rotatable bonds is 3. The van der Waals surface area contributed by atoms with Gasteiger partial charge in [0.2, 0.25) is 5.88 Å². The van der Waals surface area contributed by atoms with Crippen LogP contribution in [0.5, 0.6) is 5.88 Å². The molecule has 0 radical (unpaired) electrons. The van der Waals surface area contributed by atoms with E-state index < -0.39 is 4.92 Å². The molecule has 0 unspecified atom stereocenters. The molecular formula is C11H14BrN3O3. The van der Waals surface area contributed by atoms with Crippen LogP contribution in [-0.2, 0) is 0 Å². The molecule has 0 bridgehead atoms. The predicted molar refractivity (Wildman–Crippen MR) is 69.7 cm³/mol. The third-order valence-electron chi connectivity index (χ3n) is 2.95. The van der Waals surface area contributed by atoms with E-state index in [1.165, 1.54) is 12.3 Å². The molecule has 0 saturated carbocycles. The minimum Gasteiger partial charge on any atom is -0.473 e. The minimum absolute atomic E-state index is 0.0439. The van der Waals surface area contributed by atoms with Gasteiger partial charge < -0.3 is 9.64 Å². The van der Waals surface area contributed by atoms with Crippen LogP contribution in [0.25, 0.3) is 0 Å². The number of hydrogen-bond donors (Lipinski definition) is 0. The van der Waals surface area contributed by atoms with Gasteiger partial charge in [-0.3, -0.25) is 10.1 Å². The molecule has 0 spiro atoms. The second-order valence-electron chi connectivity index (χ2n) is 4.36. The van der Waals surface area contributed by atoms with Crippen molar-refractivity contribution in [2.45, 2.75) is 18.9 Å². The first-order chi connectivity index (χ1) is 8.56. The van der Waals surface area contributed by atoms with Crippen LogP contribution >= 0.6 is 15.9 Å². The Morgan fingerprint density at radius 3 is 2.78 bits per heavy atom. The van der Waals surface area contributed by atoms with Crippen LogP contribution in [0.1, 0.15) is 12.8 Å². The number of nitro groups is 1. The first-order valence-corrected chi connectivity index (χ1v) is 6.50. The van der Waals surface area contributed by atoms with Crippen molar-refractivity contribution in [1.29, 1.82) is 0 Å². The van der Waals surface area contributed by atoms with Crippen LogP contribution in [0.3, 0.4) is 0 Å². The minimum atomic E-state index is -0.475. The number of ether oxygens (including phenoxy) is 1. The van der Waals surface area contributed by atoms with Crippen molar-refractivity contribution < 1.29 is 9.66 Å². The molecule has 98 valence electrons. The molecule has 18 heavy (non-hydrogen) atoms. The van der Waals surface area contributed by atoms with Crippen molar-refractivity contribution in [3.05, 3.63) is 26.9 Å². The summed E-state index contributed by atoms with van der Waals surface area (Å²) in [6, 6.07) is 1.41. The van der Waals surface area contributed by atoms with E-state index in [2.05, 4.69) is 32.9 Å². The molecule has 0 atom stereocenters. The third kappa shape index (κ3) is 3.17. The monoisotopic (exact) mass is 315 g/mol. The second kappa shape index (κ2) is 5.62. The highest BCUT2D eigenvalue weighted by Crippen LogP contribution is 2.28. The Hall–Kier alpha value is -1.21. The first kappa shape index (κ1) is 13.2. The molecule has 0 N–H and O–H groups in total. The summed E-state index contributed by atoms with van der Waals surface area (Å²) >= 11 is 3.25. The fourth-order valence-electron chi connectivity index (χ4n) is 1.86. The number of piperidine rings is 1. The fourth-order valence-corrected chi connectivity index (χ4v) is 2.29. The molecule has 6 nitrogen and oxygen atoms in total. The molecule has 1 aliphatic heterocycles. The molecule has 7 heteroatoms. The zero-order valence-electron chi connectivity index (χ0n) is 10.0. The van der Waals surface area contributed by atoms with Crippen molar-refractivity contribution in [2.24, 2.45) is 0 Å². The molecule has 1 aromatic rings. The maximum atomic E-state index is 10.6. The number of nitrogens with zero attached hydrogens (tertiary/aromatic N) is 3. The van der Waals surface area contributed by atoms with Gasteiger partial charge in [-0.1, -0.05) is 0 Å². The Bertz CT molecular complexity index is 447. The van der Waals surface area contributed by atoms with Crippen LogP contribution in [0.4, 0.5) is 5.69 Å². The predicted octanol–water partition coefficient (Wildman–Crippen LogP) is 2.23. The van der Waals surface area contributed by atoms with Gasteiger partial charge in [0.1, 0.15) is 12.3 Å². The molecule has 0 amide bonds. The summed E-state index contributed by atoms with van der Waals surface area (Å²) in [5, 5.41) is 10.6. The van der Waals surface area contributed by atoms with E-state index in [9.17, 15) is 10.1 Å². The standard InChI is InChI=1S/C11H14BrN3O3/c1-14-4-2-9(3-5-14)18-11-10(12)6-8(7-13-11)15(16)17/h6-7,9H,2-5H2,1H3. The highest BCUT2D eigenvalue weighted by Gasteiger charge is 2.20. The van der Waals surface area contributed by atoms with E-state index in [-0.39, 0.29) is 11.8 Å². The summed E-state index contributed by atoms with van der Waals surface area (Å²) < 4.78 is 6.29. The molecule has 2 rings (SSSR count). The van der Waals surface area contributed by atoms with E-state index in [1.807, 2.05) is 0 Å². The number of pyridine rings is 1. The van der Waals surface area contributed by atoms with Gasteiger partial charge in [-0.05, 0) is 35.8 Å². The lowest BCUT2D eigenvalue weighted by atomic mass is 10.1. The Labute approximate surface area is 113 Å². The Balaban J connectivity index is 2.03. The molecular weight excluding hydrogens is 302 g/mol. The summed E-state index contributed by atoms with van der Waals surface area (Å²) in [7, 11) is 2.08. The lowest BCUT2D eigenvalue weighted by Gasteiger charge is -2.29. The quantitative estimate of drug-likeness (QED) is 0.632. The van der Waals surface area contributed by atoms with Crippen molar-refractivity contribution in [1.82, 2.24) is 9.88 Å². The van der Waals surface area contributed by atoms with Crippen LogP contribution < -0.4 is 4.74 Å². The average Bonchev–Trinajstić information content (AvgIpc) is 2.34. The van der Waals surface area contributed by atoms with Crippen molar-refractivity contribution in [3.63, 3.8) is 0 Å². The third-order valence-corrected chi connectivity index (χ3v) is 3.52. The van der Waals surface area contributed by atoms with Gasteiger partial charge in [0.05, 0.1) is 9.40 Å². The highest BCUT2D eigenvalue weighted by molar-refractivity contribution is 9.10. The van der Waals surface area contributed by atoms with Gasteiger partial charge in [-0.15, -0.1) is 0 Å². The lowest BCUT2D eigenvalue weighted by Crippen LogP contribution is -2.35. The van der Waals surface area contributed by atoms with Crippen LogP contribution in [-0.4, -0.2) is 41.0 Å². The Morgan fingerprint density at radius 1 is 1.56 bits per heavy atom. The van der Waals surface area contributed by atoms with Gasteiger partial charge in [0, 0.05) is 19.2 Å². The van der Waals surface area contributed by atoms with E-state index in [0.29, 0.717) is 10.4 Å². The van der Waals surface area contributed by atoms with Gasteiger partial charge in [-0.2, -0.15) is 0 Å². The maximum Gasteiger partial charge on any atom is 0.288 e. The summed E-state index contributed by atoms with van der Waals surface area (Å²) in [4.78, 5) is 16.4. The van der Waals surface area contributed by atoms with Crippen LogP contribution in [0, 0.1) is 10.1 Å². The Kier molecular flexibility index (Phi) is 4.13. The summed E-state index contributed by atoms with van der Waals surface area (Å²) in [5.41, 5.74) is -0.0439. The summed E-state index contributed by atoms with van der Waals surface area (Å²) in [5.74, 6) is 0.426. The van der Waals surface area contributed by atoms with E-state index in [0.717, 1.165) is 25.9 Å². The zero-order chi connectivity index (χ0) is 13.1. The smallest absolute Gasteiger partial charge is 0.288 e.